The lowest BCUT2D eigenvalue weighted by molar-refractivity contribution is -0.192. The van der Waals surface area contributed by atoms with Gasteiger partial charge in [0.15, 0.2) is 0 Å². The average molecular weight is 318 g/mol. The second kappa shape index (κ2) is 6.32. The van der Waals surface area contributed by atoms with Gasteiger partial charge in [0.2, 0.25) is 0 Å². The highest BCUT2D eigenvalue weighted by Gasteiger charge is 2.50. The lowest BCUT2D eigenvalue weighted by atomic mass is 9.62. The SMILES string of the molecule is O=COCCCC12CCC(c3ccc(C(=O)O)cc3)(CC1)OC2. The third-order valence-corrected chi connectivity index (χ3v) is 5.47. The van der Waals surface area contributed by atoms with Crippen molar-refractivity contribution < 1.29 is 24.2 Å². The lowest BCUT2D eigenvalue weighted by Crippen LogP contribution is -2.49. The van der Waals surface area contributed by atoms with Gasteiger partial charge in [-0.3, -0.25) is 4.79 Å². The fraction of sp³-hybridized carbons (Fsp3) is 0.556. The Morgan fingerprint density at radius 1 is 1.22 bits per heavy atom. The van der Waals surface area contributed by atoms with Crippen molar-refractivity contribution in [2.24, 2.45) is 5.41 Å². The standard InChI is InChI=1S/C18H22O5/c19-13-22-11-1-6-17-7-9-18(10-8-17,23-12-17)15-4-2-14(3-5-15)16(20)21/h2-5,13H,1,6-12H2,(H,20,21). The summed E-state index contributed by atoms with van der Waals surface area (Å²) in [5.41, 5.74) is 1.36. The van der Waals surface area contributed by atoms with Crippen molar-refractivity contribution in [3.05, 3.63) is 35.4 Å². The van der Waals surface area contributed by atoms with Crippen LogP contribution in [-0.4, -0.2) is 30.8 Å². The molecule has 2 bridgehead atoms. The predicted octanol–water partition coefficient (Wildman–Crippen LogP) is 3.12. The summed E-state index contributed by atoms with van der Waals surface area (Å²) in [6.07, 6.45) is 6.04. The Hall–Kier alpha value is -1.88. The van der Waals surface area contributed by atoms with Gasteiger partial charge in [-0.05, 0) is 61.6 Å². The number of aromatic carboxylic acids is 1. The molecule has 124 valence electrons. The molecule has 1 aromatic carbocycles. The first-order valence-corrected chi connectivity index (χ1v) is 8.12. The molecular formula is C18H22O5. The normalized spacial score (nSPS) is 29.2. The second-order valence-electron chi connectivity index (χ2n) is 6.74. The molecule has 2 heterocycles. The maximum Gasteiger partial charge on any atom is 0.335 e. The Morgan fingerprint density at radius 2 is 1.91 bits per heavy atom. The molecule has 5 nitrogen and oxygen atoms in total. The van der Waals surface area contributed by atoms with Crippen molar-refractivity contribution in [3.63, 3.8) is 0 Å². The zero-order chi connectivity index (χ0) is 16.3. The highest BCUT2D eigenvalue weighted by atomic mass is 16.5. The van der Waals surface area contributed by atoms with E-state index in [1.165, 1.54) is 0 Å². The largest absolute Gasteiger partial charge is 0.478 e. The Labute approximate surface area is 135 Å². The van der Waals surface area contributed by atoms with Gasteiger partial charge < -0.3 is 14.6 Å². The van der Waals surface area contributed by atoms with Crippen LogP contribution >= 0.6 is 0 Å². The molecule has 0 aromatic heterocycles. The van der Waals surface area contributed by atoms with Crippen LogP contribution in [0.1, 0.15) is 54.4 Å². The minimum absolute atomic E-state index is 0.217. The highest BCUT2D eigenvalue weighted by Crippen LogP contribution is 2.55. The topological polar surface area (TPSA) is 72.8 Å². The molecule has 3 fully saturated rings. The van der Waals surface area contributed by atoms with E-state index in [2.05, 4.69) is 0 Å². The number of rotatable bonds is 7. The molecule has 23 heavy (non-hydrogen) atoms. The van der Waals surface area contributed by atoms with Crippen LogP contribution in [0.15, 0.2) is 24.3 Å². The molecule has 0 spiro atoms. The lowest BCUT2D eigenvalue weighted by Gasteiger charge is -2.53. The first kappa shape index (κ1) is 16.0. The number of ether oxygens (including phenoxy) is 2. The molecule has 1 saturated carbocycles. The highest BCUT2D eigenvalue weighted by molar-refractivity contribution is 5.87. The van der Waals surface area contributed by atoms with Crippen molar-refractivity contribution in [3.8, 4) is 0 Å². The van der Waals surface area contributed by atoms with Gasteiger partial charge in [-0.1, -0.05) is 12.1 Å². The van der Waals surface area contributed by atoms with Crippen LogP contribution in [0.4, 0.5) is 0 Å². The minimum Gasteiger partial charge on any atom is -0.478 e. The van der Waals surface area contributed by atoms with E-state index >= 15 is 0 Å². The molecule has 3 aliphatic rings. The smallest absolute Gasteiger partial charge is 0.335 e. The number of fused-ring (bicyclic) bond motifs is 3. The van der Waals surface area contributed by atoms with Gasteiger partial charge in [0.1, 0.15) is 0 Å². The van der Waals surface area contributed by atoms with Crippen LogP contribution in [0.3, 0.4) is 0 Å². The summed E-state index contributed by atoms with van der Waals surface area (Å²) < 4.78 is 11.0. The first-order chi connectivity index (χ1) is 11.1. The molecule has 1 N–H and O–H groups in total. The summed E-state index contributed by atoms with van der Waals surface area (Å²) in [5, 5.41) is 9.01. The van der Waals surface area contributed by atoms with Crippen molar-refractivity contribution >= 4 is 12.4 Å². The van der Waals surface area contributed by atoms with Crippen molar-refractivity contribution in [1.29, 1.82) is 0 Å². The number of carbonyl (C=O) groups excluding carboxylic acids is 1. The second-order valence-corrected chi connectivity index (χ2v) is 6.74. The molecule has 0 unspecified atom stereocenters. The van der Waals surface area contributed by atoms with E-state index in [9.17, 15) is 9.59 Å². The van der Waals surface area contributed by atoms with Gasteiger partial charge in [0, 0.05) is 0 Å². The molecule has 0 amide bonds. The maximum atomic E-state index is 11.0. The van der Waals surface area contributed by atoms with Gasteiger partial charge in [0.05, 0.1) is 24.4 Å². The Morgan fingerprint density at radius 3 is 2.43 bits per heavy atom. The molecule has 2 aliphatic heterocycles. The van der Waals surface area contributed by atoms with E-state index in [1.54, 1.807) is 12.1 Å². The third-order valence-electron chi connectivity index (χ3n) is 5.47. The minimum atomic E-state index is -0.904. The monoisotopic (exact) mass is 318 g/mol. The molecule has 1 aliphatic carbocycles. The zero-order valence-electron chi connectivity index (χ0n) is 13.1. The van der Waals surface area contributed by atoms with Crippen LogP contribution in [-0.2, 0) is 19.9 Å². The van der Waals surface area contributed by atoms with Crippen LogP contribution in [0.5, 0.6) is 0 Å². The van der Waals surface area contributed by atoms with E-state index in [1.807, 2.05) is 12.1 Å². The number of carboxylic acid groups (broad SMARTS) is 1. The molecule has 0 atom stereocenters. The average Bonchev–Trinajstić information content (AvgIpc) is 2.60. The van der Waals surface area contributed by atoms with Gasteiger partial charge in [0.25, 0.3) is 6.47 Å². The number of hydrogen-bond donors (Lipinski definition) is 1. The van der Waals surface area contributed by atoms with E-state index in [4.69, 9.17) is 14.6 Å². The summed E-state index contributed by atoms with van der Waals surface area (Å²) in [4.78, 5) is 21.2. The fourth-order valence-electron chi connectivity index (χ4n) is 3.95. The van der Waals surface area contributed by atoms with Gasteiger partial charge >= 0.3 is 5.97 Å². The summed E-state index contributed by atoms with van der Waals surface area (Å²) >= 11 is 0. The summed E-state index contributed by atoms with van der Waals surface area (Å²) in [6, 6.07) is 7.09. The Balaban J connectivity index is 1.64. The maximum absolute atomic E-state index is 11.0. The van der Waals surface area contributed by atoms with Crippen LogP contribution < -0.4 is 0 Å². The van der Waals surface area contributed by atoms with Crippen molar-refractivity contribution in [1.82, 2.24) is 0 Å². The van der Waals surface area contributed by atoms with Crippen molar-refractivity contribution in [2.45, 2.75) is 44.1 Å². The fourth-order valence-corrected chi connectivity index (χ4v) is 3.95. The van der Waals surface area contributed by atoms with Crippen LogP contribution in [0.25, 0.3) is 0 Å². The summed E-state index contributed by atoms with van der Waals surface area (Å²) in [5.74, 6) is -0.904. The van der Waals surface area contributed by atoms with E-state index in [0.717, 1.165) is 50.7 Å². The van der Waals surface area contributed by atoms with Gasteiger partial charge in [-0.25, -0.2) is 4.79 Å². The van der Waals surface area contributed by atoms with Crippen molar-refractivity contribution in [2.75, 3.05) is 13.2 Å². The van der Waals surface area contributed by atoms with E-state index in [0.29, 0.717) is 18.6 Å². The van der Waals surface area contributed by atoms with E-state index in [-0.39, 0.29) is 11.0 Å². The van der Waals surface area contributed by atoms with Crippen LogP contribution in [0.2, 0.25) is 0 Å². The third kappa shape index (κ3) is 3.11. The molecule has 1 aromatic rings. The Kier molecular flexibility index (Phi) is 4.39. The van der Waals surface area contributed by atoms with Gasteiger partial charge in [-0.15, -0.1) is 0 Å². The summed E-state index contributed by atoms with van der Waals surface area (Å²) in [6.45, 7) is 1.71. The molecule has 2 saturated heterocycles. The first-order valence-electron chi connectivity index (χ1n) is 8.12. The molecule has 0 radical (unpaired) electrons. The zero-order valence-corrected chi connectivity index (χ0v) is 13.1. The number of carboxylic acids is 1. The number of carbonyl (C=O) groups is 2. The summed E-state index contributed by atoms with van der Waals surface area (Å²) in [7, 11) is 0. The van der Waals surface area contributed by atoms with E-state index < -0.39 is 5.97 Å². The van der Waals surface area contributed by atoms with Crippen LogP contribution in [0, 0.1) is 5.41 Å². The van der Waals surface area contributed by atoms with Gasteiger partial charge in [-0.2, -0.15) is 0 Å². The Bertz CT molecular complexity index is 553. The predicted molar refractivity (Wildman–Crippen MR) is 83.2 cm³/mol. The molecule has 5 heteroatoms. The quantitative estimate of drug-likeness (QED) is 0.617. The number of hydrogen-bond acceptors (Lipinski definition) is 4. The molecule has 4 rings (SSSR count). The molecular weight excluding hydrogens is 296 g/mol. The number of benzene rings is 1.